The number of likely N-dealkylation sites (tertiary alicyclic amines) is 1. The highest BCUT2D eigenvalue weighted by atomic mass is 16.2. The number of anilines is 2. The maximum Gasteiger partial charge on any atom is 0.321 e. The van der Waals surface area contributed by atoms with Gasteiger partial charge < -0.3 is 20.9 Å². The molecule has 2 aromatic rings. The fourth-order valence-corrected chi connectivity index (χ4v) is 3.95. The van der Waals surface area contributed by atoms with Crippen molar-refractivity contribution in [2.45, 2.75) is 38.8 Å². The molecule has 1 spiro atoms. The lowest BCUT2D eigenvalue weighted by Crippen LogP contribution is -2.63. The van der Waals surface area contributed by atoms with Gasteiger partial charge in [-0.15, -0.1) is 0 Å². The molecule has 2 heterocycles. The first-order valence-corrected chi connectivity index (χ1v) is 9.85. The summed E-state index contributed by atoms with van der Waals surface area (Å²) in [7, 11) is 0. The number of hydrogen-bond donors (Lipinski definition) is 3. The lowest BCUT2D eigenvalue weighted by molar-refractivity contribution is 0.0851. The zero-order valence-corrected chi connectivity index (χ0v) is 16.3. The van der Waals surface area contributed by atoms with Gasteiger partial charge in [0.15, 0.2) is 0 Å². The quantitative estimate of drug-likeness (QED) is 0.745. The molecule has 0 atom stereocenters. The maximum atomic E-state index is 12.6. The minimum absolute atomic E-state index is 0.0497. The van der Waals surface area contributed by atoms with E-state index in [1.807, 2.05) is 49.4 Å². The number of carbonyl (C=O) groups is 2. The molecule has 0 bridgehead atoms. The van der Waals surface area contributed by atoms with Crippen LogP contribution in [0.4, 0.5) is 16.2 Å². The van der Waals surface area contributed by atoms with Gasteiger partial charge in [-0.2, -0.15) is 0 Å². The summed E-state index contributed by atoms with van der Waals surface area (Å²) in [6.07, 6.45) is 2.30. The Labute approximate surface area is 165 Å². The van der Waals surface area contributed by atoms with Crippen molar-refractivity contribution in [1.82, 2.24) is 10.2 Å². The van der Waals surface area contributed by atoms with Crippen LogP contribution in [0.2, 0.25) is 0 Å². The normalized spacial score (nSPS) is 17.5. The summed E-state index contributed by atoms with van der Waals surface area (Å²) < 4.78 is 0. The summed E-state index contributed by atoms with van der Waals surface area (Å²) in [4.78, 5) is 27.0. The number of nitrogens with zero attached hydrogens (tertiary/aromatic N) is 1. The summed E-state index contributed by atoms with van der Waals surface area (Å²) in [6.45, 7) is 5.26. The standard InChI is InChI=1S/C22H26N4O2/c1-3-16-7-9-17(10-8-16)23-21(28)26-13-11-22(12-14-26)24-19-15(2)5-4-6-18(19)20(27)25-22/h4-10,24H,3,11-14H2,1-2H3,(H,23,28)(H,25,27). The highest BCUT2D eigenvalue weighted by Gasteiger charge is 2.41. The van der Waals surface area contributed by atoms with Crippen LogP contribution < -0.4 is 16.0 Å². The largest absolute Gasteiger partial charge is 0.362 e. The lowest BCUT2D eigenvalue weighted by Gasteiger charge is -2.46. The van der Waals surface area contributed by atoms with Crippen LogP contribution in [0.25, 0.3) is 0 Å². The van der Waals surface area contributed by atoms with E-state index in [1.54, 1.807) is 4.90 Å². The zero-order valence-electron chi connectivity index (χ0n) is 16.3. The van der Waals surface area contributed by atoms with Crippen molar-refractivity contribution in [3.05, 3.63) is 59.2 Å². The number of piperidine rings is 1. The van der Waals surface area contributed by atoms with Crippen LogP contribution in [0.3, 0.4) is 0 Å². The number of carbonyl (C=O) groups excluding carboxylic acids is 2. The highest BCUT2D eigenvalue weighted by Crippen LogP contribution is 2.33. The summed E-state index contributed by atoms with van der Waals surface area (Å²) in [5, 5.41) is 9.64. The molecule has 4 rings (SSSR count). The number of amides is 3. The van der Waals surface area contributed by atoms with E-state index in [2.05, 4.69) is 22.9 Å². The number of para-hydroxylation sites is 1. The van der Waals surface area contributed by atoms with E-state index < -0.39 is 5.66 Å². The molecule has 1 fully saturated rings. The van der Waals surface area contributed by atoms with E-state index in [4.69, 9.17) is 0 Å². The predicted molar refractivity (Wildman–Crippen MR) is 111 cm³/mol. The molecule has 2 aliphatic heterocycles. The van der Waals surface area contributed by atoms with Gasteiger partial charge in [0.1, 0.15) is 5.66 Å². The molecule has 3 amide bonds. The number of rotatable bonds is 2. The highest BCUT2D eigenvalue weighted by molar-refractivity contribution is 6.03. The number of urea groups is 1. The van der Waals surface area contributed by atoms with Crippen molar-refractivity contribution in [2.75, 3.05) is 23.7 Å². The number of hydrogen-bond acceptors (Lipinski definition) is 3. The summed E-state index contributed by atoms with van der Waals surface area (Å²) in [6, 6.07) is 13.6. The molecule has 0 radical (unpaired) electrons. The maximum absolute atomic E-state index is 12.6. The van der Waals surface area contributed by atoms with Gasteiger partial charge in [-0.3, -0.25) is 4.79 Å². The van der Waals surface area contributed by atoms with Gasteiger partial charge in [-0.25, -0.2) is 4.79 Å². The summed E-state index contributed by atoms with van der Waals surface area (Å²) >= 11 is 0. The van der Waals surface area contributed by atoms with Crippen LogP contribution in [-0.2, 0) is 6.42 Å². The van der Waals surface area contributed by atoms with Gasteiger partial charge >= 0.3 is 6.03 Å². The molecular weight excluding hydrogens is 352 g/mol. The van der Waals surface area contributed by atoms with Gasteiger partial charge in [0, 0.05) is 31.6 Å². The van der Waals surface area contributed by atoms with E-state index in [1.165, 1.54) is 5.56 Å². The van der Waals surface area contributed by atoms with Gasteiger partial charge in [0.25, 0.3) is 5.91 Å². The molecule has 6 nitrogen and oxygen atoms in total. The van der Waals surface area contributed by atoms with Crippen molar-refractivity contribution >= 4 is 23.3 Å². The third-order valence-corrected chi connectivity index (χ3v) is 5.75. The number of nitrogens with one attached hydrogen (secondary N) is 3. The average Bonchev–Trinajstić information content (AvgIpc) is 2.70. The third-order valence-electron chi connectivity index (χ3n) is 5.75. The van der Waals surface area contributed by atoms with E-state index in [9.17, 15) is 9.59 Å². The smallest absolute Gasteiger partial charge is 0.321 e. The summed E-state index contributed by atoms with van der Waals surface area (Å²) in [5.41, 5.74) is 4.20. The second-order valence-corrected chi connectivity index (χ2v) is 7.63. The Balaban J connectivity index is 1.41. The van der Waals surface area contributed by atoms with Crippen molar-refractivity contribution in [3.8, 4) is 0 Å². The van der Waals surface area contributed by atoms with Crippen molar-refractivity contribution in [1.29, 1.82) is 0 Å². The van der Waals surface area contributed by atoms with Crippen molar-refractivity contribution in [3.63, 3.8) is 0 Å². The molecule has 3 N–H and O–H groups in total. The molecule has 0 aliphatic carbocycles. The van der Waals surface area contributed by atoms with Crippen LogP contribution in [0.15, 0.2) is 42.5 Å². The van der Waals surface area contributed by atoms with Gasteiger partial charge in [-0.1, -0.05) is 31.2 Å². The van der Waals surface area contributed by atoms with E-state index in [-0.39, 0.29) is 11.9 Å². The molecule has 6 heteroatoms. The fraction of sp³-hybridized carbons (Fsp3) is 0.364. The van der Waals surface area contributed by atoms with E-state index in [0.29, 0.717) is 31.5 Å². The van der Waals surface area contributed by atoms with Crippen molar-refractivity contribution < 1.29 is 9.59 Å². The van der Waals surface area contributed by atoms with Crippen molar-refractivity contribution in [2.24, 2.45) is 0 Å². The minimum atomic E-state index is -0.490. The van der Waals surface area contributed by atoms with Crippen LogP contribution in [0.5, 0.6) is 0 Å². The molecule has 28 heavy (non-hydrogen) atoms. The van der Waals surface area contributed by atoms with Crippen LogP contribution >= 0.6 is 0 Å². The fourth-order valence-electron chi connectivity index (χ4n) is 3.95. The monoisotopic (exact) mass is 378 g/mol. The Morgan fingerprint density at radius 2 is 1.82 bits per heavy atom. The van der Waals surface area contributed by atoms with E-state index >= 15 is 0 Å². The average molecular weight is 378 g/mol. The Bertz CT molecular complexity index is 899. The second-order valence-electron chi connectivity index (χ2n) is 7.63. The molecular formula is C22H26N4O2. The summed E-state index contributed by atoms with van der Waals surface area (Å²) in [5.74, 6) is -0.0497. The number of fused-ring (bicyclic) bond motifs is 1. The zero-order chi connectivity index (χ0) is 19.7. The van der Waals surface area contributed by atoms with E-state index in [0.717, 1.165) is 23.4 Å². The first-order valence-electron chi connectivity index (χ1n) is 9.85. The molecule has 0 aromatic heterocycles. The second kappa shape index (κ2) is 7.19. The SMILES string of the molecule is CCc1ccc(NC(=O)N2CCC3(CC2)NC(=O)c2cccc(C)c2N3)cc1. The van der Waals surface area contributed by atoms with Crippen LogP contribution in [-0.4, -0.2) is 35.6 Å². The Hall–Kier alpha value is -3.02. The molecule has 0 unspecified atom stereocenters. The van der Waals surface area contributed by atoms with Crippen LogP contribution in [0, 0.1) is 6.92 Å². The molecule has 2 aliphatic rings. The third kappa shape index (κ3) is 3.42. The first kappa shape index (κ1) is 18.3. The Morgan fingerprint density at radius 1 is 1.11 bits per heavy atom. The Morgan fingerprint density at radius 3 is 2.50 bits per heavy atom. The predicted octanol–water partition coefficient (Wildman–Crippen LogP) is 3.74. The first-order chi connectivity index (χ1) is 13.5. The molecule has 1 saturated heterocycles. The number of benzene rings is 2. The molecule has 2 aromatic carbocycles. The van der Waals surface area contributed by atoms with Gasteiger partial charge in [-0.05, 0) is 42.7 Å². The lowest BCUT2D eigenvalue weighted by atomic mass is 9.91. The number of aryl methyl sites for hydroxylation is 2. The molecule has 0 saturated carbocycles. The minimum Gasteiger partial charge on any atom is -0.362 e. The van der Waals surface area contributed by atoms with Crippen LogP contribution in [0.1, 0.15) is 41.3 Å². The van der Waals surface area contributed by atoms with Gasteiger partial charge in [0.05, 0.1) is 11.3 Å². The Kier molecular flexibility index (Phi) is 4.71. The molecule has 146 valence electrons. The van der Waals surface area contributed by atoms with Gasteiger partial charge in [0.2, 0.25) is 0 Å². The topological polar surface area (TPSA) is 73.5 Å².